The molecule has 0 spiro atoms. The van der Waals surface area contributed by atoms with Gasteiger partial charge in [-0.05, 0) is 49.1 Å². The molecule has 3 aromatic carbocycles. The Morgan fingerprint density at radius 2 is 1.68 bits per heavy atom. The Morgan fingerprint density at radius 3 is 2.41 bits per heavy atom. The molecular formula is C30H32N4O3. The van der Waals surface area contributed by atoms with E-state index >= 15 is 0 Å². The molecule has 7 heteroatoms. The van der Waals surface area contributed by atoms with Crippen molar-refractivity contribution in [1.29, 1.82) is 0 Å². The zero-order valence-electron chi connectivity index (χ0n) is 21.4. The van der Waals surface area contributed by atoms with Gasteiger partial charge in [0.2, 0.25) is 0 Å². The molecule has 6 rings (SSSR count). The van der Waals surface area contributed by atoms with Crippen molar-refractivity contribution in [1.82, 2.24) is 9.97 Å². The van der Waals surface area contributed by atoms with Crippen LogP contribution < -0.4 is 19.3 Å². The van der Waals surface area contributed by atoms with Crippen LogP contribution in [-0.4, -0.2) is 57.0 Å². The van der Waals surface area contributed by atoms with Gasteiger partial charge in [0, 0.05) is 60.5 Å². The van der Waals surface area contributed by atoms with E-state index in [1.807, 2.05) is 12.3 Å². The van der Waals surface area contributed by atoms with E-state index in [2.05, 4.69) is 64.4 Å². The van der Waals surface area contributed by atoms with Crippen molar-refractivity contribution in [2.45, 2.75) is 12.8 Å². The van der Waals surface area contributed by atoms with E-state index in [1.165, 1.54) is 18.5 Å². The quantitative estimate of drug-likeness (QED) is 0.310. The van der Waals surface area contributed by atoms with E-state index in [0.29, 0.717) is 5.92 Å². The molecule has 1 aliphatic heterocycles. The van der Waals surface area contributed by atoms with Gasteiger partial charge in [-0.25, -0.2) is 4.98 Å². The lowest BCUT2D eigenvalue weighted by molar-refractivity contribution is 0.122. The SMILES string of the molecule is COc1cc(OC)cc(N(CC2CC2)c2ccc3ncc(-c4cccc(N5CCOCC5)c4)nc3c2)c1. The Labute approximate surface area is 217 Å². The van der Waals surface area contributed by atoms with Crippen molar-refractivity contribution in [3.05, 3.63) is 66.9 Å². The third-order valence-corrected chi connectivity index (χ3v) is 7.14. The zero-order chi connectivity index (χ0) is 25.2. The summed E-state index contributed by atoms with van der Waals surface area (Å²) in [6.45, 7) is 4.28. The zero-order valence-corrected chi connectivity index (χ0v) is 21.4. The molecule has 0 amide bonds. The Morgan fingerprint density at radius 1 is 0.892 bits per heavy atom. The van der Waals surface area contributed by atoms with Gasteiger partial charge in [0.1, 0.15) is 11.5 Å². The minimum atomic E-state index is 0.688. The third kappa shape index (κ3) is 5.18. The van der Waals surface area contributed by atoms with Gasteiger partial charge in [0.05, 0.1) is 50.4 Å². The molecule has 0 bridgehead atoms. The summed E-state index contributed by atoms with van der Waals surface area (Å²) >= 11 is 0. The lowest BCUT2D eigenvalue weighted by Crippen LogP contribution is -2.36. The number of aromatic nitrogens is 2. The van der Waals surface area contributed by atoms with E-state index in [0.717, 1.165) is 78.0 Å². The van der Waals surface area contributed by atoms with Gasteiger partial charge in [-0.3, -0.25) is 4.98 Å². The van der Waals surface area contributed by atoms with E-state index in [4.69, 9.17) is 24.2 Å². The number of morpholine rings is 1. The predicted molar refractivity (Wildman–Crippen MR) is 147 cm³/mol. The number of anilines is 3. The fourth-order valence-electron chi connectivity index (χ4n) is 4.86. The van der Waals surface area contributed by atoms with Crippen molar-refractivity contribution in [2.75, 3.05) is 56.9 Å². The van der Waals surface area contributed by atoms with Crippen molar-refractivity contribution in [3.8, 4) is 22.8 Å². The fraction of sp³-hybridized carbons (Fsp3) is 0.333. The smallest absolute Gasteiger partial charge is 0.124 e. The molecule has 0 N–H and O–H groups in total. The van der Waals surface area contributed by atoms with Crippen LogP contribution in [0.1, 0.15) is 12.8 Å². The number of rotatable bonds is 8. The van der Waals surface area contributed by atoms with Crippen LogP contribution in [0.4, 0.5) is 17.1 Å². The molecule has 37 heavy (non-hydrogen) atoms. The van der Waals surface area contributed by atoms with Gasteiger partial charge in [-0.2, -0.15) is 0 Å². The van der Waals surface area contributed by atoms with Crippen LogP contribution >= 0.6 is 0 Å². The number of nitrogens with zero attached hydrogens (tertiary/aromatic N) is 4. The number of hydrogen-bond donors (Lipinski definition) is 0. The van der Waals surface area contributed by atoms with Crippen molar-refractivity contribution in [3.63, 3.8) is 0 Å². The van der Waals surface area contributed by atoms with Crippen LogP contribution in [0.3, 0.4) is 0 Å². The number of ether oxygens (including phenoxy) is 3. The lowest BCUT2D eigenvalue weighted by atomic mass is 10.1. The molecule has 0 radical (unpaired) electrons. The van der Waals surface area contributed by atoms with E-state index in [-0.39, 0.29) is 0 Å². The largest absolute Gasteiger partial charge is 0.497 e. The summed E-state index contributed by atoms with van der Waals surface area (Å²) in [6, 6.07) is 20.9. The summed E-state index contributed by atoms with van der Waals surface area (Å²) < 4.78 is 16.6. The molecule has 4 aromatic rings. The number of hydrogen-bond acceptors (Lipinski definition) is 7. The molecule has 1 aliphatic carbocycles. The second-order valence-corrected chi connectivity index (χ2v) is 9.70. The highest BCUT2D eigenvalue weighted by molar-refractivity contribution is 5.83. The van der Waals surface area contributed by atoms with Gasteiger partial charge in [0.25, 0.3) is 0 Å². The average Bonchev–Trinajstić information content (AvgIpc) is 3.80. The Balaban J connectivity index is 1.36. The summed E-state index contributed by atoms with van der Waals surface area (Å²) in [5.74, 6) is 2.24. The molecule has 0 atom stereocenters. The molecule has 1 saturated carbocycles. The number of methoxy groups -OCH3 is 2. The van der Waals surface area contributed by atoms with Gasteiger partial charge in [-0.15, -0.1) is 0 Å². The summed E-state index contributed by atoms with van der Waals surface area (Å²) in [4.78, 5) is 14.5. The van der Waals surface area contributed by atoms with Crippen molar-refractivity contribution in [2.24, 2.45) is 5.92 Å². The monoisotopic (exact) mass is 496 g/mol. The number of fused-ring (bicyclic) bond motifs is 1. The maximum atomic E-state index is 5.55. The van der Waals surface area contributed by atoms with E-state index in [9.17, 15) is 0 Å². The molecule has 1 saturated heterocycles. The molecule has 2 fully saturated rings. The average molecular weight is 497 g/mol. The van der Waals surface area contributed by atoms with Crippen LogP contribution in [0.5, 0.6) is 11.5 Å². The second kappa shape index (κ2) is 10.3. The first-order chi connectivity index (χ1) is 18.2. The Kier molecular flexibility index (Phi) is 6.53. The summed E-state index contributed by atoms with van der Waals surface area (Å²) in [5, 5.41) is 0. The lowest BCUT2D eigenvalue weighted by Gasteiger charge is -2.29. The molecule has 190 valence electrons. The van der Waals surface area contributed by atoms with Gasteiger partial charge in [0.15, 0.2) is 0 Å². The predicted octanol–water partition coefficient (Wildman–Crippen LogP) is 5.70. The molecule has 2 heterocycles. The first-order valence-electron chi connectivity index (χ1n) is 12.9. The Hall–Kier alpha value is -3.84. The highest BCUT2D eigenvalue weighted by Gasteiger charge is 2.26. The molecule has 0 unspecified atom stereocenters. The highest BCUT2D eigenvalue weighted by Crippen LogP contribution is 2.39. The fourth-order valence-corrected chi connectivity index (χ4v) is 4.86. The second-order valence-electron chi connectivity index (χ2n) is 9.70. The standard InChI is InChI=1S/C30H32N4O3/c1-35-26-15-25(16-27(18-26)36-2)34(20-21-6-7-21)24-8-9-28-29(17-24)32-30(19-31-28)22-4-3-5-23(14-22)33-10-12-37-13-11-33/h3-5,8-9,14-19,21H,6-7,10-13,20H2,1-2H3. The highest BCUT2D eigenvalue weighted by atomic mass is 16.5. The molecule has 2 aliphatic rings. The Bertz CT molecular complexity index is 1380. The minimum absolute atomic E-state index is 0.688. The normalized spacial score (nSPS) is 15.6. The molecule has 1 aromatic heterocycles. The van der Waals surface area contributed by atoms with Crippen molar-refractivity contribution < 1.29 is 14.2 Å². The van der Waals surface area contributed by atoms with Crippen LogP contribution in [-0.2, 0) is 4.74 Å². The van der Waals surface area contributed by atoms with Gasteiger partial charge >= 0.3 is 0 Å². The van der Waals surface area contributed by atoms with E-state index in [1.54, 1.807) is 14.2 Å². The summed E-state index contributed by atoms with van der Waals surface area (Å²) in [5.41, 5.74) is 7.02. The third-order valence-electron chi connectivity index (χ3n) is 7.14. The van der Waals surface area contributed by atoms with Crippen molar-refractivity contribution >= 4 is 28.1 Å². The van der Waals surface area contributed by atoms with Crippen LogP contribution in [0.15, 0.2) is 66.9 Å². The summed E-state index contributed by atoms with van der Waals surface area (Å²) in [6.07, 6.45) is 4.39. The first kappa shape index (κ1) is 23.6. The van der Waals surface area contributed by atoms with Crippen LogP contribution in [0.2, 0.25) is 0 Å². The van der Waals surface area contributed by atoms with Gasteiger partial charge in [-0.1, -0.05) is 12.1 Å². The minimum Gasteiger partial charge on any atom is -0.497 e. The van der Waals surface area contributed by atoms with Crippen LogP contribution in [0, 0.1) is 5.92 Å². The molecular weight excluding hydrogens is 464 g/mol. The molecule has 7 nitrogen and oxygen atoms in total. The maximum Gasteiger partial charge on any atom is 0.124 e. The summed E-state index contributed by atoms with van der Waals surface area (Å²) in [7, 11) is 3.37. The van der Waals surface area contributed by atoms with Crippen LogP contribution in [0.25, 0.3) is 22.3 Å². The number of benzene rings is 3. The topological polar surface area (TPSA) is 60.0 Å². The van der Waals surface area contributed by atoms with E-state index < -0.39 is 0 Å². The first-order valence-corrected chi connectivity index (χ1v) is 12.9. The maximum absolute atomic E-state index is 5.55. The van der Waals surface area contributed by atoms with Gasteiger partial charge < -0.3 is 24.0 Å².